The van der Waals surface area contributed by atoms with E-state index in [2.05, 4.69) is 10.5 Å². The zero-order valence-corrected chi connectivity index (χ0v) is 15.0. The van der Waals surface area contributed by atoms with E-state index in [0.717, 1.165) is 47.9 Å². The number of furan rings is 1. The fourth-order valence-electron chi connectivity index (χ4n) is 3.35. The molecule has 1 saturated heterocycles. The molecule has 1 atom stereocenters. The Kier molecular flexibility index (Phi) is 5.43. The highest BCUT2D eigenvalue weighted by Crippen LogP contribution is 2.33. The van der Waals surface area contributed by atoms with E-state index in [1.807, 2.05) is 30.9 Å². The summed E-state index contributed by atoms with van der Waals surface area (Å²) in [6, 6.07) is 3.78. The predicted molar refractivity (Wildman–Crippen MR) is 91.2 cm³/mol. The molecular formula is C18H25N3O4. The predicted octanol–water partition coefficient (Wildman–Crippen LogP) is 3.12. The van der Waals surface area contributed by atoms with Gasteiger partial charge in [0.25, 0.3) is 0 Å². The summed E-state index contributed by atoms with van der Waals surface area (Å²) >= 11 is 0. The summed E-state index contributed by atoms with van der Waals surface area (Å²) in [5, 5.41) is 6.94. The number of ether oxygens (including phenoxy) is 1. The van der Waals surface area contributed by atoms with Gasteiger partial charge in [0.05, 0.1) is 11.7 Å². The maximum atomic E-state index is 12.6. The Bertz CT molecular complexity index is 702. The van der Waals surface area contributed by atoms with Crippen molar-refractivity contribution in [2.45, 2.75) is 45.8 Å². The number of nitrogens with one attached hydrogen (secondary N) is 1. The highest BCUT2D eigenvalue weighted by atomic mass is 16.5. The number of urea groups is 1. The quantitative estimate of drug-likeness (QED) is 0.868. The van der Waals surface area contributed by atoms with Gasteiger partial charge >= 0.3 is 6.03 Å². The van der Waals surface area contributed by atoms with E-state index in [-0.39, 0.29) is 12.1 Å². The Balaban J connectivity index is 1.57. The first-order valence-electron chi connectivity index (χ1n) is 8.64. The van der Waals surface area contributed by atoms with Crippen molar-refractivity contribution < 1.29 is 18.5 Å². The first-order chi connectivity index (χ1) is 12.1. The van der Waals surface area contributed by atoms with Crippen LogP contribution in [0.1, 0.15) is 47.4 Å². The molecule has 0 aliphatic carbocycles. The number of hydrogen-bond acceptors (Lipinski definition) is 5. The van der Waals surface area contributed by atoms with Crippen LogP contribution in [0.4, 0.5) is 4.79 Å². The minimum absolute atomic E-state index is 0.00956. The molecule has 7 nitrogen and oxygen atoms in total. The average Bonchev–Trinajstić information content (AvgIpc) is 3.30. The summed E-state index contributed by atoms with van der Waals surface area (Å²) in [7, 11) is 1.64. The van der Waals surface area contributed by atoms with Gasteiger partial charge in [0, 0.05) is 25.8 Å². The third-order valence-corrected chi connectivity index (χ3v) is 4.64. The lowest BCUT2D eigenvalue weighted by Crippen LogP contribution is -2.40. The molecule has 1 N–H and O–H groups in total. The summed E-state index contributed by atoms with van der Waals surface area (Å²) < 4.78 is 16.1. The van der Waals surface area contributed by atoms with Crippen molar-refractivity contribution in [3.63, 3.8) is 0 Å². The number of hydrogen-bond donors (Lipinski definition) is 1. The SMILES string of the molecule is COCc1ccc(C2CCCN2C(=O)NCCc2c(C)noc2C)o1. The number of amides is 2. The van der Waals surface area contributed by atoms with Crippen LogP contribution in [-0.2, 0) is 17.8 Å². The fourth-order valence-corrected chi connectivity index (χ4v) is 3.35. The lowest BCUT2D eigenvalue weighted by molar-refractivity contribution is 0.156. The third-order valence-electron chi connectivity index (χ3n) is 4.64. The standard InChI is InChI=1S/C18H25N3O4/c1-12-15(13(2)25-20-12)8-9-19-18(22)21-10-4-5-16(21)17-7-6-14(24-17)11-23-3/h6-7,16H,4-5,8-11H2,1-3H3,(H,19,22). The Labute approximate surface area is 147 Å². The second kappa shape index (κ2) is 7.74. The molecule has 2 aromatic heterocycles. The Morgan fingerprint density at radius 2 is 2.28 bits per heavy atom. The third kappa shape index (κ3) is 3.87. The summed E-state index contributed by atoms with van der Waals surface area (Å²) in [5.41, 5.74) is 1.94. The Hall–Kier alpha value is -2.28. The average molecular weight is 347 g/mol. The van der Waals surface area contributed by atoms with Crippen LogP contribution in [0.5, 0.6) is 0 Å². The summed E-state index contributed by atoms with van der Waals surface area (Å²) in [6.45, 7) is 5.54. The normalized spacial score (nSPS) is 17.2. The van der Waals surface area contributed by atoms with Gasteiger partial charge in [-0.1, -0.05) is 5.16 Å². The van der Waals surface area contributed by atoms with E-state index in [1.54, 1.807) is 7.11 Å². The first-order valence-corrected chi connectivity index (χ1v) is 8.64. The van der Waals surface area contributed by atoms with E-state index in [0.29, 0.717) is 19.6 Å². The number of methoxy groups -OCH3 is 1. The number of nitrogens with zero attached hydrogens (tertiary/aromatic N) is 2. The van der Waals surface area contributed by atoms with Crippen LogP contribution in [0.15, 0.2) is 21.1 Å². The molecule has 1 unspecified atom stereocenters. The minimum atomic E-state index is -0.0565. The van der Waals surface area contributed by atoms with Crippen molar-refractivity contribution >= 4 is 6.03 Å². The van der Waals surface area contributed by atoms with Crippen LogP contribution < -0.4 is 5.32 Å². The highest BCUT2D eigenvalue weighted by molar-refractivity contribution is 5.75. The van der Waals surface area contributed by atoms with E-state index >= 15 is 0 Å². The number of aryl methyl sites for hydroxylation is 2. The van der Waals surface area contributed by atoms with Crippen LogP contribution in [0.2, 0.25) is 0 Å². The van der Waals surface area contributed by atoms with Crippen molar-refractivity contribution in [2.24, 2.45) is 0 Å². The number of carbonyl (C=O) groups is 1. The van der Waals surface area contributed by atoms with Crippen molar-refractivity contribution in [3.05, 3.63) is 40.7 Å². The second-order valence-corrected chi connectivity index (χ2v) is 6.37. The smallest absolute Gasteiger partial charge is 0.318 e. The molecule has 3 heterocycles. The van der Waals surface area contributed by atoms with E-state index in [1.165, 1.54) is 0 Å². The molecule has 1 aliphatic heterocycles. The number of rotatable bonds is 6. The molecule has 3 rings (SSSR count). The van der Waals surface area contributed by atoms with Gasteiger partial charge in [0.2, 0.25) is 0 Å². The Morgan fingerprint density at radius 1 is 1.44 bits per heavy atom. The molecule has 0 bridgehead atoms. The van der Waals surface area contributed by atoms with Gasteiger partial charge in [-0.25, -0.2) is 4.79 Å². The molecule has 0 radical (unpaired) electrons. The van der Waals surface area contributed by atoms with Crippen LogP contribution in [-0.4, -0.2) is 36.3 Å². The molecule has 0 spiro atoms. The zero-order valence-electron chi connectivity index (χ0n) is 15.0. The lowest BCUT2D eigenvalue weighted by atomic mass is 10.1. The molecule has 25 heavy (non-hydrogen) atoms. The molecule has 136 valence electrons. The second-order valence-electron chi connectivity index (χ2n) is 6.37. The summed E-state index contributed by atoms with van der Waals surface area (Å²) in [4.78, 5) is 14.4. The van der Waals surface area contributed by atoms with Crippen LogP contribution in [0, 0.1) is 13.8 Å². The van der Waals surface area contributed by atoms with Gasteiger partial charge in [-0.2, -0.15) is 0 Å². The molecule has 0 saturated carbocycles. The van der Waals surface area contributed by atoms with E-state index < -0.39 is 0 Å². The largest absolute Gasteiger partial charge is 0.461 e. The van der Waals surface area contributed by atoms with E-state index in [4.69, 9.17) is 13.7 Å². The molecule has 1 fully saturated rings. The Morgan fingerprint density at radius 3 is 3.00 bits per heavy atom. The summed E-state index contributed by atoms with van der Waals surface area (Å²) in [5.74, 6) is 2.42. The molecule has 1 aliphatic rings. The van der Waals surface area contributed by atoms with Gasteiger partial charge in [0.15, 0.2) is 0 Å². The minimum Gasteiger partial charge on any atom is -0.461 e. The maximum absolute atomic E-state index is 12.6. The van der Waals surface area contributed by atoms with Crippen LogP contribution in [0.25, 0.3) is 0 Å². The van der Waals surface area contributed by atoms with Gasteiger partial charge in [-0.15, -0.1) is 0 Å². The maximum Gasteiger partial charge on any atom is 0.318 e. The van der Waals surface area contributed by atoms with E-state index in [9.17, 15) is 4.79 Å². The topological polar surface area (TPSA) is 80.7 Å². The number of likely N-dealkylation sites (tertiary alicyclic amines) is 1. The van der Waals surface area contributed by atoms with Crippen LogP contribution >= 0.6 is 0 Å². The highest BCUT2D eigenvalue weighted by Gasteiger charge is 2.32. The zero-order chi connectivity index (χ0) is 17.8. The van der Waals surface area contributed by atoms with Gasteiger partial charge in [0.1, 0.15) is 23.9 Å². The van der Waals surface area contributed by atoms with Crippen molar-refractivity contribution in [1.29, 1.82) is 0 Å². The number of carbonyl (C=O) groups excluding carboxylic acids is 1. The van der Waals surface area contributed by atoms with Crippen molar-refractivity contribution in [3.8, 4) is 0 Å². The fraction of sp³-hybridized carbons (Fsp3) is 0.556. The molecule has 2 amide bonds. The van der Waals surface area contributed by atoms with Gasteiger partial charge in [-0.05, 0) is 45.2 Å². The molecule has 7 heteroatoms. The lowest BCUT2D eigenvalue weighted by Gasteiger charge is -2.23. The summed E-state index contributed by atoms with van der Waals surface area (Å²) in [6.07, 6.45) is 2.60. The van der Waals surface area contributed by atoms with Crippen molar-refractivity contribution in [2.75, 3.05) is 20.2 Å². The van der Waals surface area contributed by atoms with Gasteiger partial charge < -0.3 is 23.9 Å². The molecule has 2 aromatic rings. The van der Waals surface area contributed by atoms with Crippen LogP contribution in [0.3, 0.4) is 0 Å². The van der Waals surface area contributed by atoms with Crippen molar-refractivity contribution in [1.82, 2.24) is 15.4 Å². The molecular weight excluding hydrogens is 322 g/mol. The number of aromatic nitrogens is 1. The molecule has 0 aromatic carbocycles. The monoisotopic (exact) mass is 347 g/mol. The van der Waals surface area contributed by atoms with Gasteiger partial charge in [-0.3, -0.25) is 0 Å². The first kappa shape index (κ1) is 17.5.